The number of thioether (sulfide) groups is 1. The molecular weight excluding hydrogens is 272 g/mol. The standard InChI is InChI=1S/C14H18N4OS/c1-8-9(2)20-4-3-18(8)13-6-12-10(5-11(13)15)14(19)17-7-16-12/h5-9H,3-4,15H2,1-2H3,(H,16,17,19). The van der Waals surface area contributed by atoms with Gasteiger partial charge in [-0.15, -0.1) is 0 Å². The van der Waals surface area contributed by atoms with Crippen molar-refractivity contribution in [2.45, 2.75) is 25.1 Å². The summed E-state index contributed by atoms with van der Waals surface area (Å²) >= 11 is 1.98. The van der Waals surface area contributed by atoms with Crippen molar-refractivity contribution in [2.75, 3.05) is 22.9 Å². The summed E-state index contributed by atoms with van der Waals surface area (Å²) in [7, 11) is 0. The van der Waals surface area contributed by atoms with Crippen molar-refractivity contribution in [3.63, 3.8) is 0 Å². The summed E-state index contributed by atoms with van der Waals surface area (Å²) in [5, 5.41) is 1.10. The minimum absolute atomic E-state index is 0.149. The largest absolute Gasteiger partial charge is 0.397 e. The maximum atomic E-state index is 11.8. The van der Waals surface area contributed by atoms with Gasteiger partial charge in [0.15, 0.2) is 0 Å². The normalized spacial score (nSPS) is 23.2. The number of nitrogens with two attached hydrogens (primary N) is 1. The van der Waals surface area contributed by atoms with Gasteiger partial charge in [-0.05, 0) is 19.1 Å². The highest BCUT2D eigenvalue weighted by atomic mass is 32.2. The number of anilines is 2. The molecule has 1 aliphatic heterocycles. The molecule has 0 aliphatic carbocycles. The van der Waals surface area contributed by atoms with E-state index in [-0.39, 0.29) is 5.56 Å². The fourth-order valence-corrected chi connectivity index (χ4v) is 3.74. The lowest BCUT2D eigenvalue weighted by Gasteiger charge is -2.39. The summed E-state index contributed by atoms with van der Waals surface area (Å²) in [5.74, 6) is 1.09. The van der Waals surface area contributed by atoms with Crippen molar-refractivity contribution < 1.29 is 0 Å². The molecule has 0 bridgehead atoms. The number of nitrogens with zero attached hydrogens (tertiary/aromatic N) is 2. The number of hydrogen-bond acceptors (Lipinski definition) is 5. The number of nitrogen functional groups attached to an aromatic ring is 1. The first-order valence-corrected chi connectivity index (χ1v) is 7.78. The second-order valence-electron chi connectivity index (χ2n) is 5.17. The third kappa shape index (κ3) is 2.14. The minimum Gasteiger partial charge on any atom is -0.397 e. The van der Waals surface area contributed by atoms with E-state index in [0.29, 0.717) is 27.9 Å². The zero-order valence-corrected chi connectivity index (χ0v) is 12.4. The predicted molar refractivity (Wildman–Crippen MR) is 85.5 cm³/mol. The average Bonchev–Trinajstić information content (AvgIpc) is 2.43. The van der Waals surface area contributed by atoms with E-state index in [1.807, 2.05) is 17.8 Å². The van der Waals surface area contributed by atoms with Crippen LogP contribution < -0.4 is 16.2 Å². The van der Waals surface area contributed by atoms with E-state index >= 15 is 0 Å². The van der Waals surface area contributed by atoms with Gasteiger partial charge >= 0.3 is 0 Å². The van der Waals surface area contributed by atoms with E-state index in [1.165, 1.54) is 6.33 Å². The monoisotopic (exact) mass is 290 g/mol. The van der Waals surface area contributed by atoms with Gasteiger partial charge in [-0.2, -0.15) is 11.8 Å². The number of nitrogens with one attached hydrogen (secondary N) is 1. The van der Waals surface area contributed by atoms with E-state index in [2.05, 4.69) is 28.7 Å². The van der Waals surface area contributed by atoms with Crippen LogP contribution in [-0.2, 0) is 0 Å². The lowest BCUT2D eigenvalue weighted by Crippen LogP contribution is -2.45. The first kappa shape index (κ1) is 13.3. The number of aromatic amines is 1. The van der Waals surface area contributed by atoms with Crippen LogP contribution in [-0.4, -0.2) is 33.6 Å². The molecule has 0 radical (unpaired) electrons. The smallest absolute Gasteiger partial charge is 0.258 e. The fourth-order valence-electron chi connectivity index (χ4n) is 2.64. The Hall–Kier alpha value is -1.69. The Bertz CT molecular complexity index is 699. The van der Waals surface area contributed by atoms with Gasteiger partial charge in [0.05, 0.1) is 28.6 Å². The van der Waals surface area contributed by atoms with Crippen LogP contribution in [0.2, 0.25) is 0 Å². The highest BCUT2D eigenvalue weighted by Crippen LogP contribution is 2.33. The molecule has 1 aliphatic rings. The van der Waals surface area contributed by atoms with Crippen molar-refractivity contribution in [2.24, 2.45) is 0 Å². The van der Waals surface area contributed by atoms with Crippen molar-refractivity contribution in [1.82, 2.24) is 9.97 Å². The van der Waals surface area contributed by atoms with Crippen molar-refractivity contribution in [3.05, 3.63) is 28.8 Å². The minimum atomic E-state index is -0.149. The first-order valence-electron chi connectivity index (χ1n) is 6.73. The summed E-state index contributed by atoms with van der Waals surface area (Å²) in [5.41, 5.74) is 8.33. The van der Waals surface area contributed by atoms with Gasteiger partial charge in [0.1, 0.15) is 0 Å². The Morgan fingerprint density at radius 3 is 3.05 bits per heavy atom. The Morgan fingerprint density at radius 1 is 1.45 bits per heavy atom. The van der Waals surface area contributed by atoms with Crippen LogP contribution in [0.3, 0.4) is 0 Å². The molecule has 2 unspecified atom stereocenters. The predicted octanol–water partition coefficient (Wildman–Crippen LogP) is 1.84. The van der Waals surface area contributed by atoms with E-state index in [1.54, 1.807) is 6.07 Å². The Morgan fingerprint density at radius 2 is 2.25 bits per heavy atom. The van der Waals surface area contributed by atoms with Crippen LogP contribution in [0.25, 0.3) is 10.9 Å². The van der Waals surface area contributed by atoms with Gasteiger partial charge in [0, 0.05) is 23.6 Å². The van der Waals surface area contributed by atoms with Gasteiger partial charge in [-0.3, -0.25) is 4.79 Å². The molecule has 0 spiro atoms. The molecule has 1 fully saturated rings. The molecule has 1 aromatic heterocycles. The maximum absolute atomic E-state index is 11.8. The maximum Gasteiger partial charge on any atom is 0.258 e. The Labute approximate surface area is 121 Å². The first-order chi connectivity index (χ1) is 9.58. The number of H-pyrrole nitrogens is 1. The molecule has 106 valence electrons. The Kier molecular flexibility index (Phi) is 3.33. The van der Waals surface area contributed by atoms with Crippen molar-refractivity contribution >= 4 is 34.0 Å². The van der Waals surface area contributed by atoms with Crippen molar-refractivity contribution in [3.8, 4) is 0 Å². The number of aromatic nitrogens is 2. The number of hydrogen-bond donors (Lipinski definition) is 2. The summed E-state index contributed by atoms with van der Waals surface area (Å²) < 4.78 is 0. The molecule has 6 heteroatoms. The summed E-state index contributed by atoms with van der Waals surface area (Å²) in [6.07, 6.45) is 1.43. The second-order valence-corrected chi connectivity index (χ2v) is 6.65. The molecule has 1 saturated heterocycles. The lowest BCUT2D eigenvalue weighted by molar-refractivity contribution is 0.628. The molecule has 20 heavy (non-hydrogen) atoms. The number of fused-ring (bicyclic) bond motifs is 1. The third-order valence-electron chi connectivity index (χ3n) is 3.98. The van der Waals surface area contributed by atoms with Crippen LogP contribution in [0.15, 0.2) is 23.3 Å². The van der Waals surface area contributed by atoms with Crippen LogP contribution in [0.4, 0.5) is 11.4 Å². The molecule has 2 atom stereocenters. The third-order valence-corrected chi connectivity index (χ3v) is 5.32. The summed E-state index contributed by atoms with van der Waals surface area (Å²) in [6, 6.07) is 4.07. The van der Waals surface area contributed by atoms with E-state index in [9.17, 15) is 4.79 Å². The Balaban J connectivity index is 2.12. The van der Waals surface area contributed by atoms with Crippen LogP contribution in [0.1, 0.15) is 13.8 Å². The molecule has 1 aromatic carbocycles. The number of rotatable bonds is 1. The highest BCUT2D eigenvalue weighted by Gasteiger charge is 2.26. The molecule has 3 rings (SSSR count). The van der Waals surface area contributed by atoms with Crippen LogP contribution >= 0.6 is 11.8 Å². The zero-order chi connectivity index (χ0) is 14.3. The van der Waals surface area contributed by atoms with Crippen LogP contribution in [0.5, 0.6) is 0 Å². The van der Waals surface area contributed by atoms with Crippen molar-refractivity contribution in [1.29, 1.82) is 0 Å². The SMILES string of the molecule is CC1SCCN(c2cc3nc[nH]c(=O)c3cc2N)C1C. The molecule has 3 N–H and O–H groups in total. The van der Waals surface area contributed by atoms with Crippen LogP contribution in [0, 0.1) is 0 Å². The molecule has 0 saturated carbocycles. The lowest BCUT2D eigenvalue weighted by atomic mass is 10.1. The van der Waals surface area contributed by atoms with E-state index < -0.39 is 0 Å². The topological polar surface area (TPSA) is 75.0 Å². The van der Waals surface area contributed by atoms with Gasteiger partial charge < -0.3 is 15.6 Å². The van der Waals surface area contributed by atoms with Gasteiger partial charge in [0.2, 0.25) is 0 Å². The van der Waals surface area contributed by atoms with Gasteiger partial charge in [-0.1, -0.05) is 6.92 Å². The zero-order valence-electron chi connectivity index (χ0n) is 11.6. The average molecular weight is 290 g/mol. The fraction of sp³-hybridized carbons (Fsp3) is 0.429. The van der Waals surface area contributed by atoms with E-state index in [0.717, 1.165) is 18.0 Å². The molecule has 2 heterocycles. The number of benzene rings is 1. The summed E-state index contributed by atoms with van der Waals surface area (Å²) in [6.45, 7) is 5.42. The quantitative estimate of drug-likeness (QED) is 0.784. The highest BCUT2D eigenvalue weighted by molar-refractivity contribution is 8.00. The molecule has 0 amide bonds. The summed E-state index contributed by atoms with van der Waals surface area (Å²) in [4.78, 5) is 20.9. The molecular formula is C14H18N4OS. The molecule has 5 nitrogen and oxygen atoms in total. The molecule has 2 aromatic rings. The second kappa shape index (κ2) is 5.01. The van der Waals surface area contributed by atoms with Gasteiger partial charge in [0.25, 0.3) is 5.56 Å². The van der Waals surface area contributed by atoms with E-state index in [4.69, 9.17) is 5.73 Å². The van der Waals surface area contributed by atoms with Gasteiger partial charge in [-0.25, -0.2) is 4.98 Å².